The molecule has 1 aliphatic heterocycles. The normalized spacial score (nSPS) is 17.1. The summed E-state index contributed by atoms with van der Waals surface area (Å²) >= 11 is 8.25. The number of nitrogens with one attached hydrogen (secondary N) is 1. The Morgan fingerprint density at radius 2 is 2.00 bits per heavy atom. The van der Waals surface area contributed by atoms with Crippen molar-refractivity contribution >= 4 is 55.9 Å². The molecule has 1 N–H and O–H groups in total. The molecule has 0 spiro atoms. The van der Waals surface area contributed by atoms with Gasteiger partial charge in [-0.2, -0.15) is 0 Å². The van der Waals surface area contributed by atoms with Gasteiger partial charge in [-0.3, -0.25) is 0 Å². The van der Waals surface area contributed by atoms with Crippen molar-refractivity contribution in [3.8, 4) is 0 Å². The number of carbonyl (C=O) groups is 1. The van der Waals surface area contributed by atoms with Crippen LogP contribution in [-0.4, -0.2) is 56.1 Å². The lowest BCUT2D eigenvalue weighted by Gasteiger charge is -2.21. The zero-order chi connectivity index (χ0) is 16.3. The summed E-state index contributed by atoms with van der Waals surface area (Å²) in [7, 11) is -3.22. The van der Waals surface area contributed by atoms with Crippen molar-refractivity contribution < 1.29 is 13.2 Å². The summed E-state index contributed by atoms with van der Waals surface area (Å²) in [6.45, 7) is 1.63. The van der Waals surface area contributed by atoms with E-state index in [1.165, 1.54) is 10.6 Å². The Kier molecular flexibility index (Phi) is 5.92. The Labute approximate surface area is 149 Å². The van der Waals surface area contributed by atoms with E-state index in [0.29, 0.717) is 43.3 Å². The van der Waals surface area contributed by atoms with Gasteiger partial charge in [-0.25, -0.2) is 17.5 Å². The zero-order valence-electron chi connectivity index (χ0n) is 12.1. The Morgan fingerprint density at radius 3 is 2.64 bits per heavy atom. The number of amides is 2. The van der Waals surface area contributed by atoms with Crippen molar-refractivity contribution in [1.29, 1.82) is 0 Å². The van der Waals surface area contributed by atoms with Crippen LogP contribution in [0, 0.1) is 3.57 Å². The number of benzene rings is 1. The summed E-state index contributed by atoms with van der Waals surface area (Å²) in [6.07, 6.45) is 1.80. The quantitative estimate of drug-likeness (QED) is 0.694. The van der Waals surface area contributed by atoms with E-state index in [1.54, 1.807) is 17.0 Å². The molecule has 0 aromatic heterocycles. The Balaban J connectivity index is 2.01. The summed E-state index contributed by atoms with van der Waals surface area (Å²) in [4.78, 5) is 13.9. The van der Waals surface area contributed by atoms with Crippen LogP contribution in [0.25, 0.3) is 0 Å². The molecule has 1 heterocycles. The third-order valence-electron chi connectivity index (χ3n) is 3.38. The van der Waals surface area contributed by atoms with Gasteiger partial charge in [0.15, 0.2) is 0 Å². The number of carbonyl (C=O) groups excluding carboxylic acids is 1. The fraction of sp³-hybridized carbons (Fsp3) is 0.462. The maximum absolute atomic E-state index is 12.3. The number of rotatable bonds is 2. The van der Waals surface area contributed by atoms with E-state index in [4.69, 9.17) is 11.6 Å². The second-order valence-electron chi connectivity index (χ2n) is 5.06. The van der Waals surface area contributed by atoms with Crippen molar-refractivity contribution in [3.05, 3.63) is 26.8 Å². The molecule has 1 aliphatic rings. The van der Waals surface area contributed by atoms with Gasteiger partial charge in [-0.15, -0.1) is 0 Å². The van der Waals surface area contributed by atoms with Crippen molar-refractivity contribution in [2.75, 3.05) is 37.8 Å². The molecule has 1 aromatic carbocycles. The Morgan fingerprint density at radius 1 is 1.27 bits per heavy atom. The average Bonchev–Trinajstić information content (AvgIpc) is 2.67. The standard InChI is InChI=1S/C13H17ClIN3O3S/c1-22(20,21)18-6-2-5-17(7-8-18)13(19)16-12-4-3-10(15)9-11(12)14/h3-4,9H,2,5-8H2,1H3,(H,16,19). The summed E-state index contributed by atoms with van der Waals surface area (Å²) in [5.41, 5.74) is 0.552. The highest BCUT2D eigenvalue weighted by Gasteiger charge is 2.24. The van der Waals surface area contributed by atoms with E-state index in [0.717, 1.165) is 3.57 Å². The third kappa shape index (κ3) is 4.71. The smallest absolute Gasteiger partial charge is 0.321 e. The van der Waals surface area contributed by atoms with Gasteiger partial charge >= 0.3 is 6.03 Å². The van der Waals surface area contributed by atoms with Crippen LogP contribution in [0.15, 0.2) is 18.2 Å². The second kappa shape index (κ2) is 7.33. The number of hydrogen-bond acceptors (Lipinski definition) is 3. The van der Waals surface area contributed by atoms with Gasteiger partial charge in [-0.1, -0.05) is 11.6 Å². The topological polar surface area (TPSA) is 69.7 Å². The molecule has 1 aromatic rings. The van der Waals surface area contributed by atoms with Gasteiger partial charge in [0.05, 0.1) is 17.0 Å². The molecule has 22 heavy (non-hydrogen) atoms. The monoisotopic (exact) mass is 457 g/mol. The minimum Gasteiger partial charge on any atom is -0.323 e. The molecule has 1 fully saturated rings. The average molecular weight is 458 g/mol. The predicted molar refractivity (Wildman–Crippen MR) is 95.8 cm³/mol. The van der Waals surface area contributed by atoms with Gasteiger partial charge in [0.2, 0.25) is 10.0 Å². The lowest BCUT2D eigenvalue weighted by atomic mass is 10.3. The summed E-state index contributed by atoms with van der Waals surface area (Å²) in [5.74, 6) is 0. The molecule has 2 rings (SSSR count). The lowest BCUT2D eigenvalue weighted by Crippen LogP contribution is -2.39. The van der Waals surface area contributed by atoms with Crippen LogP contribution in [0.2, 0.25) is 5.02 Å². The van der Waals surface area contributed by atoms with Crippen LogP contribution in [-0.2, 0) is 10.0 Å². The highest BCUT2D eigenvalue weighted by atomic mass is 127. The molecule has 0 saturated carbocycles. The van der Waals surface area contributed by atoms with Crippen LogP contribution in [0.3, 0.4) is 0 Å². The first-order chi connectivity index (χ1) is 10.3. The SMILES string of the molecule is CS(=O)(=O)N1CCCN(C(=O)Nc2ccc(I)cc2Cl)CC1. The number of nitrogens with zero attached hydrogens (tertiary/aromatic N) is 2. The van der Waals surface area contributed by atoms with Crippen molar-refractivity contribution in [1.82, 2.24) is 9.21 Å². The van der Waals surface area contributed by atoms with E-state index in [1.807, 2.05) is 6.07 Å². The minimum absolute atomic E-state index is 0.265. The number of halogens is 2. The first kappa shape index (κ1) is 17.8. The third-order valence-corrected chi connectivity index (χ3v) is 5.67. The molecule has 0 unspecified atom stereocenters. The molecule has 0 bridgehead atoms. The molecule has 0 atom stereocenters. The van der Waals surface area contributed by atoms with Gasteiger partial charge in [0.1, 0.15) is 0 Å². The van der Waals surface area contributed by atoms with Crippen LogP contribution in [0.4, 0.5) is 10.5 Å². The van der Waals surface area contributed by atoms with Crippen LogP contribution in [0.5, 0.6) is 0 Å². The van der Waals surface area contributed by atoms with Crippen LogP contribution >= 0.6 is 34.2 Å². The molecular formula is C13H17ClIN3O3S. The number of hydrogen-bond donors (Lipinski definition) is 1. The first-order valence-corrected chi connectivity index (χ1v) is 10.0. The largest absolute Gasteiger partial charge is 0.323 e. The van der Waals surface area contributed by atoms with Crippen LogP contribution < -0.4 is 5.32 Å². The van der Waals surface area contributed by atoms with Gasteiger partial charge in [-0.05, 0) is 47.2 Å². The number of urea groups is 1. The molecule has 122 valence electrons. The van der Waals surface area contributed by atoms with E-state index in [9.17, 15) is 13.2 Å². The van der Waals surface area contributed by atoms with E-state index >= 15 is 0 Å². The van der Waals surface area contributed by atoms with Crippen molar-refractivity contribution in [2.24, 2.45) is 0 Å². The molecule has 0 aliphatic carbocycles. The van der Waals surface area contributed by atoms with Crippen molar-refractivity contribution in [2.45, 2.75) is 6.42 Å². The van der Waals surface area contributed by atoms with Gasteiger partial charge in [0.25, 0.3) is 0 Å². The van der Waals surface area contributed by atoms with Gasteiger partial charge in [0, 0.05) is 29.7 Å². The summed E-state index contributed by atoms with van der Waals surface area (Å²) in [5, 5.41) is 3.25. The predicted octanol–water partition coefficient (Wildman–Crippen LogP) is 2.44. The highest BCUT2D eigenvalue weighted by Crippen LogP contribution is 2.24. The summed E-state index contributed by atoms with van der Waals surface area (Å²) in [6, 6.07) is 5.11. The van der Waals surface area contributed by atoms with Crippen LogP contribution in [0.1, 0.15) is 6.42 Å². The molecule has 6 nitrogen and oxygen atoms in total. The molecule has 1 saturated heterocycles. The fourth-order valence-corrected chi connectivity index (χ4v) is 3.99. The van der Waals surface area contributed by atoms with Crippen molar-refractivity contribution in [3.63, 3.8) is 0 Å². The fourth-order valence-electron chi connectivity index (χ4n) is 2.21. The summed E-state index contributed by atoms with van der Waals surface area (Å²) < 4.78 is 25.5. The van der Waals surface area contributed by atoms with E-state index in [-0.39, 0.29) is 6.03 Å². The van der Waals surface area contributed by atoms with E-state index in [2.05, 4.69) is 27.9 Å². The second-order valence-corrected chi connectivity index (χ2v) is 8.69. The molecule has 2 amide bonds. The maximum atomic E-state index is 12.3. The number of anilines is 1. The lowest BCUT2D eigenvalue weighted by molar-refractivity contribution is 0.214. The zero-order valence-corrected chi connectivity index (χ0v) is 15.8. The first-order valence-electron chi connectivity index (χ1n) is 6.73. The maximum Gasteiger partial charge on any atom is 0.321 e. The molecule has 9 heteroatoms. The Bertz CT molecular complexity index is 668. The highest BCUT2D eigenvalue weighted by molar-refractivity contribution is 14.1. The number of sulfonamides is 1. The van der Waals surface area contributed by atoms with E-state index < -0.39 is 10.0 Å². The van der Waals surface area contributed by atoms with Gasteiger partial charge < -0.3 is 10.2 Å². The minimum atomic E-state index is -3.22. The molecule has 0 radical (unpaired) electrons. The molecular weight excluding hydrogens is 441 g/mol. The Hall–Kier alpha value is -0.580.